The van der Waals surface area contributed by atoms with Crippen LogP contribution in [0.4, 0.5) is 4.39 Å². The number of hydrogen-bond donors (Lipinski definition) is 1. The fourth-order valence-corrected chi connectivity index (χ4v) is 4.16. The lowest BCUT2D eigenvalue weighted by Gasteiger charge is -2.33. The van der Waals surface area contributed by atoms with Crippen molar-refractivity contribution in [2.45, 2.75) is 50.2 Å². The second-order valence-electron chi connectivity index (χ2n) is 7.34. The second kappa shape index (κ2) is 6.71. The number of carboxylic acids is 1. The Morgan fingerprint density at radius 1 is 1.25 bits per heavy atom. The number of methoxy groups -OCH3 is 1. The first-order valence-corrected chi connectivity index (χ1v) is 8.74. The summed E-state index contributed by atoms with van der Waals surface area (Å²) < 4.78 is 20.5. The van der Waals surface area contributed by atoms with Gasteiger partial charge in [-0.05, 0) is 49.3 Å². The second-order valence-corrected chi connectivity index (χ2v) is 7.34. The summed E-state index contributed by atoms with van der Waals surface area (Å²) in [5, 5.41) is 9.54. The third-order valence-corrected chi connectivity index (χ3v) is 5.78. The van der Waals surface area contributed by atoms with E-state index < -0.39 is 17.6 Å². The van der Waals surface area contributed by atoms with Gasteiger partial charge in [-0.15, -0.1) is 0 Å². The molecular formula is C19H26FNO3. The first-order valence-electron chi connectivity index (χ1n) is 8.74. The summed E-state index contributed by atoms with van der Waals surface area (Å²) in [6.45, 7) is 2.70. The van der Waals surface area contributed by atoms with Crippen LogP contribution >= 0.6 is 0 Å². The number of benzene rings is 1. The zero-order valence-corrected chi connectivity index (χ0v) is 14.4. The zero-order chi connectivity index (χ0) is 17.3. The van der Waals surface area contributed by atoms with Gasteiger partial charge >= 0.3 is 5.97 Å². The van der Waals surface area contributed by atoms with E-state index in [0.29, 0.717) is 18.3 Å². The molecule has 24 heavy (non-hydrogen) atoms. The van der Waals surface area contributed by atoms with Crippen molar-refractivity contribution < 1.29 is 19.0 Å². The largest absolute Gasteiger partial charge is 0.497 e. The van der Waals surface area contributed by atoms with E-state index in [1.54, 1.807) is 31.4 Å². The molecule has 0 aromatic heterocycles. The average Bonchev–Trinajstić information content (AvgIpc) is 2.95. The smallest absolute Gasteiger partial charge is 0.343 e. The highest BCUT2D eigenvalue weighted by atomic mass is 19.1. The van der Waals surface area contributed by atoms with Crippen LogP contribution in [0.25, 0.3) is 0 Å². The molecule has 1 saturated carbocycles. The van der Waals surface area contributed by atoms with E-state index in [0.717, 1.165) is 37.2 Å². The molecule has 1 saturated heterocycles. The van der Waals surface area contributed by atoms with E-state index in [9.17, 15) is 9.90 Å². The Kier molecular flexibility index (Phi) is 4.81. The molecule has 1 aliphatic heterocycles. The molecule has 1 aliphatic carbocycles. The van der Waals surface area contributed by atoms with E-state index in [1.165, 1.54) is 0 Å². The molecule has 5 heteroatoms. The number of rotatable bonds is 4. The van der Waals surface area contributed by atoms with Gasteiger partial charge in [-0.25, -0.2) is 9.18 Å². The number of aliphatic carboxylic acids is 1. The third-order valence-electron chi connectivity index (χ3n) is 5.78. The monoisotopic (exact) mass is 335 g/mol. The van der Waals surface area contributed by atoms with Gasteiger partial charge in [0.05, 0.1) is 7.11 Å². The molecule has 1 N–H and O–H groups in total. The number of nitrogens with zero attached hydrogens (tertiary/aromatic N) is 1. The van der Waals surface area contributed by atoms with Gasteiger partial charge in [0.15, 0.2) is 0 Å². The maximum atomic E-state index is 15.4. The molecule has 132 valence electrons. The molecule has 2 aliphatic rings. The number of ether oxygens (including phenoxy) is 1. The van der Waals surface area contributed by atoms with Gasteiger partial charge in [0.2, 0.25) is 5.67 Å². The Balaban J connectivity index is 1.82. The Labute approximate surface area is 142 Å². The van der Waals surface area contributed by atoms with E-state index in [1.807, 2.05) is 0 Å². The van der Waals surface area contributed by atoms with Gasteiger partial charge in [0.25, 0.3) is 0 Å². The van der Waals surface area contributed by atoms with E-state index in [4.69, 9.17) is 4.74 Å². The number of halogens is 1. The number of alkyl halides is 1. The van der Waals surface area contributed by atoms with E-state index in [-0.39, 0.29) is 6.54 Å². The van der Waals surface area contributed by atoms with Crippen LogP contribution in [0.1, 0.15) is 44.1 Å². The van der Waals surface area contributed by atoms with Crippen LogP contribution in [-0.4, -0.2) is 47.9 Å². The average molecular weight is 335 g/mol. The fourth-order valence-electron chi connectivity index (χ4n) is 4.16. The first-order chi connectivity index (χ1) is 11.4. The van der Waals surface area contributed by atoms with E-state index >= 15 is 4.39 Å². The summed E-state index contributed by atoms with van der Waals surface area (Å²) in [4.78, 5) is 13.7. The van der Waals surface area contributed by atoms with E-state index in [2.05, 4.69) is 11.8 Å². The van der Waals surface area contributed by atoms with Crippen molar-refractivity contribution in [1.82, 2.24) is 4.90 Å². The summed E-state index contributed by atoms with van der Waals surface area (Å²) in [5.74, 6) is -0.583. The Morgan fingerprint density at radius 3 is 2.42 bits per heavy atom. The van der Waals surface area contributed by atoms with Gasteiger partial charge in [-0.3, -0.25) is 4.90 Å². The molecule has 0 bridgehead atoms. The van der Waals surface area contributed by atoms with Crippen LogP contribution < -0.4 is 4.74 Å². The predicted octanol–water partition coefficient (Wildman–Crippen LogP) is 3.47. The lowest BCUT2D eigenvalue weighted by molar-refractivity contribution is -0.151. The molecule has 1 aromatic carbocycles. The molecule has 0 amide bonds. The lowest BCUT2D eigenvalue weighted by atomic mass is 9.86. The van der Waals surface area contributed by atoms with Crippen molar-refractivity contribution in [3.8, 4) is 5.75 Å². The summed E-state index contributed by atoms with van der Waals surface area (Å²) in [7, 11) is 1.58. The molecule has 0 radical (unpaired) electrons. The molecule has 1 aromatic rings. The molecule has 2 atom stereocenters. The van der Waals surface area contributed by atoms with Crippen molar-refractivity contribution >= 4 is 5.97 Å². The van der Waals surface area contributed by atoms with Crippen molar-refractivity contribution in [3.63, 3.8) is 0 Å². The highest BCUT2D eigenvalue weighted by molar-refractivity contribution is 5.80. The number of hydrogen-bond acceptors (Lipinski definition) is 3. The molecular weight excluding hydrogens is 309 g/mol. The summed E-state index contributed by atoms with van der Waals surface area (Å²) >= 11 is 0. The normalized spacial score (nSPS) is 34.2. The van der Waals surface area contributed by atoms with Crippen LogP contribution in [0.5, 0.6) is 5.75 Å². The van der Waals surface area contributed by atoms with Gasteiger partial charge in [0.1, 0.15) is 5.75 Å². The molecule has 1 heterocycles. The van der Waals surface area contributed by atoms with Crippen LogP contribution in [-0.2, 0) is 4.79 Å². The predicted molar refractivity (Wildman–Crippen MR) is 90.2 cm³/mol. The number of carboxylic acid groups (broad SMARTS) is 1. The topological polar surface area (TPSA) is 49.8 Å². The zero-order valence-electron chi connectivity index (χ0n) is 14.4. The number of likely N-dealkylation sites (tertiary alicyclic amines) is 1. The Morgan fingerprint density at radius 2 is 1.88 bits per heavy atom. The quantitative estimate of drug-likeness (QED) is 0.915. The Hall–Kier alpha value is -1.62. The fraction of sp³-hybridized carbons (Fsp3) is 0.632. The maximum Gasteiger partial charge on any atom is 0.343 e. The van der Waals surface area contributed by atoms with Gasteiger partial charge in [0, 0.05) is 25.0 Å². The standard InChI is InChI=1S/C19H26FNO3/c1-13-3-7-15(8-4-13)21-11-17(19(20,12-21)18(22)23)14-5-9-16(24-2)10-6-14/h5-6,9-10,13,15,17H,3-4,7-8,11-12H2,1-2H3,(H,22,23)/t13-,15+,17-,19-/m0/s1. The molecule has 0 spiro atoms. The minimum Gasteiger partial charge on any atom is -0.497 e. The molecule has 3 rings (SSSR count). The summed E-state index contributed by atoms with van der Waals surface area (Å²) in [5.41, 5.74) is -1.50. The van der Waals surface area contributed by atoms with Crippen LogP contribution in [0, 0.1) is 5.92 Å². The molecule has 2 fully saturated rings. The Bertz CT molecular complexity index is 583. The maximum absolute atomic E-state index is 15.4. The lowest BCUT2D eigenvalue weighted by Crippen LogP contribution is -2.43. The summed E-state index contributed by atoms with van der Waals surface area (Å²) in [6, 6.07) is 7.41. The first kappa shape index (κ1) is 17.2. The van der Waals surface area contributed by atoms with Crippen molar-refractivity contribution in [2.24, 2.45) is 5.92 Å². The van der Waals surface area contributed by atoms with Crippen molar-refractivity contribution in [1.29, 1.82) is 0 Å². The van der Waals surface area contributed by atoms with Crippen LogP contribution in [0.15, 0.2) is 24.3 Å². The van der Waals surface area contributed by atoms with Crippen LogP contribution in [0.2, 0.25) is 0 Å². The van der Waals surface area contributed by atoms with Crippen LogP contribution in [0.3, 0.4) is 0 Å². The minimum atomic E-state index is -2.22. The highest BCUT2D eigenvalue weighted by Gasteiger charge is 2.55. The van der Waals surface area contributed by atoms with Gasteiger partial charge < -0.3 is 9.84 Å². The van der Waals surface area contributed by atoms with Crippen molar-refractivity contribution in [2.75, 3.05) is 20.2 Å². The highest BCUT2D eigenvalue weighted by Crippen LogP contribution is 2.42. The van der Waals surface area contributed by atoms with Gasteiger partial charge in [-0.1, -0.05) is 19.1 Å². The molecule has 0 unspecified atom stereocenters. The third kappa shape index (κ3) is 3.14. The number of carbonyl (C=O) groups is 1. The van der Waals surface area contributed by atoms with Gasteiger partial charge in [-0.2, -0.15) is 0 Å². The SMILES string of the molecule is COc1ccc([C@@H]2CN([C@H]3CC[C@@H](C)CC3)C[C@@]2(F)C(=O)O)cc1. The van der Waals surface area contributed by atoms with Crippen molar-refractivity contribution in [3.05, 3.63) is 29.8 Å². The molecule has 4 nitrogen and oxygen atoms in total. The minimum absolute atomic E-state index is 0.0158. The summed E-state index contributed by atoms with van der Waals surface area (Å²) in [6.07, 6.45) is 4.35.